The van der Waals surface area contributed by atoms with Crippen LogP contribution in [0.3, 0.4) is 0 Å². The van der Waals surface area contributed by atoms with E-state index in [1.54, 1.807) is 11.6 Å². The molecule has 0 aliphatic carbocycles. The number of carboxylic acid groups (broad SMARTS) is 1. The van der Waals surface area contributed by atoms with Crippen molar-refractivity contribution in [2.24, 2.45) is 0 Å². The van der Waals surface area contributed by atoms with Crippen LogP contribution >= 0.6 is 11.3 Å². The second-order valence-electron chi connectivity index (χ2n) is 4.40. The Kier molecular flexibility index (Phi) is 4.84. The first kappa shape index (κ1) is 14.9. The van der Waals surface area contributed by atoms with Crippen molar-refractivity contribution in [3.63, 3.8) is 0 Å². The SMILES string of the molecule is CC(NC(=O)c1cncs1)c1cccc(/C=C/C(=O)O)c1. The van der Waals surface area contributed by atoms with E-state index in [0.717, 1.165) is 17.2 Å². The van der Waals surface area contributed by atoms with E-state index in [-0.39, 0.29) is 11.9 Å². The first-order valence-corrected chi connectivity index (χ1v) is 7.14. The van der Waals surface area contributed by atoms with Gasteiger partial charge in [-0.25, -0.2) is 4.79 Å². The van der Waals surface area contributed by atoms with Gasteiger partial charge in [0.15, 0.2) is 0 Å². The van der Waals surface area contributed by atoms with Gasteiger partial charge in [0.05, 0.1) is 17.7 Å². The van der Waals surface area contributed by atoms with Gasteiger partial charge in [0.2, 0.25) is 0 Å². The van der Waals surface area contributed by atoms with Gasteiger partial charge in [-0.3, -0.25) is 9.78 Å². The van der Waals surface area contributed by atoms with Crippen molar-refractivity contribution in [3.05, 3.63) is 58.1 Å². The highest BCUT2D eigenvalue weighted by atomic mass is 32.1. The minimum atomic E-state index is -0.994. The second kappa shape index (κ2) is 6.81. The van der Waals surface area contributed by atoms with Crippen LogP contribution in [0.4, 0.5) is 0 Å². The van der Waals surface area contributed by atoms with E-state index in [4.69, 9.17) is 5.11 Å². The summed E-state index contributed by atoms with van der Waals surface area (Å²) >= 11 is 1.28. The maximum Gasteiger partial charge on any atom is 0.328 e. The van der Waals surface area contributed by atoms with Gasteiger partial charge in [-0.05, 0) is 30.2 Å². The quantitative estimate of drug-likeness (QED) is 0.832. The first-order valence-electron chi connectivity index (χ1n) is 6.26. The van der Waals surface area contributed by atoms with E-state index in [1.165, 1.54) is 23.6 Å². The fourth-order valence-electron chi connectivity index (χ4n) is 1.78. The highest BCUT2D eigenvalue weighted by Crippen LogP contribution is 2.16. The van der Waals surface area contributed by atoms with Crippen LogP contribution in [0.1, 0.15) is 33.8 Å². The molecule has 0 saturated carbocycles. The molecule has 2 N–H and O–H groups in total. The molecule has 1 aromatic heterocycles. The number of rotatable bonds is 5. The van der Waals surface area contributed by atoms with Gasteiger partial charge < -0.3 is 10.4 Å². The molecule has 1 amide bonds. The normalized spacial score (nSPS) is 12.2. The Morgan fingerprint density at radius 2 is 2.24 bits per heavy atom. The molecule has 1 unspecified atom stereocenters. The molecule has 2 aromatic rings. The molecule has 108 valence electrons. The summed E-state index contributed by atoms with van der Waals surface area (Å²) in [5.41, 5.74) is 3.28. The van der Waals surface area contributed by atoms with Crippen molar-refractivity contribution in [2.45, 2.75) is 13.0 Å². The molecule has 1 atom stereocenters. The predicted octanol–water partition coefficient (Wildman–Crippen LogP) is 2.73. The number of nitrogens with zero attached hydrogens (tertiary/aromatic N) is 1. The number of aromatic nitrogens is 1. The molecule has 0 fully saturated rings. The predicted molar refractivity (Wildman–Crippen MR) is 81.1 cm³/mol. The van der Waals surface area contributed by atoms with Gasteiger partial charge in [0.25, 0.3) is 5.91 Å². The van der Waals surface area contributed by atoms with Crippen molar-refractivity contribution >= 4 is 29.3 Å². The van der Waals surface area contributed by atoms with Gasteiger partial charge >= 0.3 is 5.97 Å². The van der Waals surface area contributed by atoms with E-state index in [9.17, 15) is 9.59 Å². The Morgan fingerprint density at radius 1 is 1.43 bits per heavy atom. The van der Waals surface area contributed by atoms with E-state index in [0.29, 0.717) is 4.88 Å². The fourth-order valence-corrected chi connectivity index (χ4v) is 2.30. The topological polar surface area (TPSA) is 79.3 Å². The van der Waals surface area contributed by atoms with Crippen LogP contribution in [0.2, 0.25) is 0 Å². The molecule has 1 heterocycles. The Labute approximate surface area is 126 Å². The fraction of sp³-hybridized carbons (Fsp3) is 0.133. The van der Waals surface area contributed by atoms with Gasteiger partial charge in [0, 0.05) is 6.08 Å². The molecule has 0 bridgehead atoms. The summed E-state index contributed by atoms with van der Waals surface area (Å²) in [6, 6.07) is 7.18. The van der Waals surface area contributed by atoms with Crippen LogP contribution < -0.4 is 5.32 Å². The number of benzene rings is 1. The van der Waals surface area contributed by atoms with Crippen molar-refractivity contribution in [1.29, 1.82) is 0 Å². The number of hydrogen-bond donors (Lipinski definition) is 2. The van der Waals surface area contributed by atoms with E-state index in [2.05, 4.69) is 10.3 Å². The Bertz CT molecular complexity index is 665. The summed E-state index contributed by atoms with van der Waals surface area (Å²) in [5, 5.41) is 11.5. The molecule has 21 heavy (non-hydrogen) atoms. The molecular formula is C15H14N2O3S. The summed E-state index contributed by atoms with van der Waals surface area (Å²) in [7, 11) is 0. The molecule has 1 aromatic carbocycles. The summed E-state index contributed by atoms with van der Waals surface area (Å²) < 4.78 is 0. The lowest BCUT2D eigenvalue weighted by Crippen LogP contribution is -2.25. The Hall–Kier alpha value is -2.47. The molecule has 0 radical (unpaired) electrons. The van der Waals surface area contributed by atoms with Crippen LogP contribution in [0.15, 0.2) is 42.0 Å². The van der Waals surface area contributed by atoms with E-state index >= 15 is 0 Å². The number of carboxylic acids is 1. The number of carbonyl (C=O) groups excluding carboxylic acids is 1. The zero-order valence-corrected chi connectivity index (χ0v) is 12.1. The third-order valence-electron chi connectivity index (χ3n) is 2.83. The molecule has 5 nitrogen and oxygen atoms in total. The third-order valence-corrected chi connectivity index (χ3v) is 3.60. The monoisotopic (exact) mass is 302 g/mol. The average molecular weight is 302 g/mol. The second-order valence-corrected chi connectivity index (χ2v) is 5.29. The third kappa shape index (κ3) is 4.25. The van der Waals surface area contributed by atoms with Crippen LogP contribution in [-0.4, -0.2) is 22.0 Å². The summed E-state index contributed by atoms with van der Waals surface area (Å²) in [6.45, 7) is 1.87. The van der Waals surface area contributed by atoms with Crippen molar-refractivity contribution in [1.82, 2.24) is 10.3 Å². The lowest BCUT2D eigenvalue weighted by atomic mass is 10.0. The maximum absolute atomic E-state index is 12.0. The summed E-state index contributed by atoms with van der Waals surface area (Å²) in [6.07, 6.45) is 4.13. The van der Waals surface area contributed by atoms with Gasteiger partial charge in [-0.1, -0.05) is 18.2 Å². The number of nitrogens with one attached hydrogen (secondary N) is 1. The molecule has 0 saturated heterocycles. The van der Waals surface area contributed by atoms with Gasteiger partial charge in [-0.2, -0.15) is 0 Å². The van der Waals surface area contributed by atoms with Crippen molar-refractivity contribution < 1.29 is 14.7 Å². The summed E-state index contributed by atoms with van der Waals surface area (Å²) in [4.78, 5) is 26.9. The smallest absolute Gasteiger partial charge is 0.328 e. The molecule has 6 heteroatoms. The number of amides is 1. The van der Waals surface area contributed by atoms with Crippen LogP contribution in [0.25, 0.3) is 6.08 Å². The van der Waals surface area contributed by atoms with Crippen LogP contribution in [0.5, 0.6) is 0 Å². The maximum atomic E-state index is 12.0. The highest BCUT2D eigenvalue weighted by molar-refractivity contribution is 7.11. The number of aliphatic carboxylic acids is 1. The lowest BCUT2D eigenvalue weighted by Gasteiger charge is -2.14. The van der Waals surface area contributed by atoms with E-state index in [1.807, 2.05) is 25.1 Å². The first-order chi connectivity index (χ1) is 10.1. The molecule has 0 aliphatic heterocycles. The standard InChI is InChI=1S/C15H14N2O3S/c1-10(17-15(20)13-8-16-9-21-13)12-4-2-3-11(7-12)5-6-14(18)19/h2-10H,1H3,(H,17,20)(H,18,19)/b6-5+. The largest absolute Gasteiger partial charge is 0.478 e. The highest BCUT2D eigenvalue weighted by Gasteiger charge is 2.12. The number of thiazole rings is 1. The zero-order chi connectivity index (χ0) is 15.2. The molecule has 0 spiro atoms. The zero-order valence-electron chi connectivity index (χ0n) is 11.3. The van der Waals surface area contributed by atoms with Gasteiger partial charge in [-0.15, -0.1) is 11.3 Å². The minimum Gasteiger partial charge on any atom is -0.478 e. The Balaban J connectivity index is 2.08. The van der Waals surface area contributed by atoms with Crippen LogP contribution in [0, 0.1) is 0 Å². The lowest BCUT2D eigenvalue weighted by molar-refractivity contribution is -0.131. The van der Waals surface area contributed by atoms with Gasteiger partial charge in [0.1, 0.15) is 4.88 Å². The molecular weight excluding hydrogens is 288 g/mol. The Morgan fingerprint density at radius 3 is 2.90 bits per heavy atom. The van der Waals surface area contributed by atoms with Crippen molar-refractivity contribution in [2.75, 3.05) is 0 Å². The number of carbonyl (C=O) groups is 2. The molecule has 2 rings (SSSR count). The molecule has 0 aliphatic rings. The van der Waals surface area contributed by atoms with Crippen molar-refractivity contribution in [3.8, 4) is 0 Å². The number of hydrogen-bond acceptors (Lipinski definition) is 4. The van der Waals surface area contributed by atoms with Crippen LogP contribution in [-0.2, 0) is 4.79 Å². The minimum absolute atomic E-state index is 0.170. The average Bonchev–Trinajstić information content (AvgIpc) is 2.99. The summed E-state index contributed by atoms with van der Waals surface area (Å²) in [5.74, 6) is -1.16. The van der Waals surface area contributed by atoms with E-state index < -0.39 is 5.97 Å².